The smallest absolute Gasteiger partial charge is 0.0715 e. The van der Waals surface area contributed by atoms with E-state index >= 15 is 0 Å². The normalized spacial score (nSPS) is 7.82. The number of hydrogen-bond acceptors (Lipinski definition) is 0. The average molecular weight is 206 g/mol. The third-order valence-corrected chi connectivity index (χ3v) is 1.89. The SMILES string of the molecule is CCc1ccccc1[Si].Cl.Cl. The second kappa shape index (κ2) is 6.71. The third kappa shape index (κ3) is 3.80. The highest BCUT2D eigenvalue weighted by atomic mass is 35.5. The van der Waals surface area contributed by atoms with E-state index in [4.69, 9.17) is 0 Å². The first kappa shape index (κ1) is 13.6. The summed E-state index contributed by atoms with van der Waals surface area (Å²) in [6.45, 7) is 2.15. The van der Waals surface area contributed by atoms with Crippen LogP contribution >= 0.6 is 24.8 Å². The molecule has 0 nitrogen and oxygen atoms in total. The van der Waals surface area contributed by atoms with Crippen LogP contribution in [0.2, 0.25) is 0 Å². The maximum Gasteiger partial charge on any atom is 0.0715 e. The van der Waals surface area contributed by atoms with Gasteiger partial charge in [0.15, 0.2) is 0 Å². The van der Waals surface area contributed by atoms with Crippen molar-refractivity contribution in [1.29, 1.82) is 0 Å². The zero-order valence-corrected chi connectivity index (χ0v) is 8.97. The molecule has 1 aromatic rings. The minimum absolute atomic E-state index is 0. The molecular formula is C8H11Cl2Si. The fourth-order valence-corrected chi connectivity index (χ4v) is 1.18. The fraction of sp³-hybridized carbons (Fsp3) is 0.250. The van der Waals surface area contributed by atoms with Gasteiger partial charge in [-0.3, -0.25) is 0 Å². The first-order valence-corrected chi connectivity index (χ1v) is 3.64. The van der Waals surface area contributed by atoms with Gasteiger partial charge in [-0.05, 0) is 12.0 Å². The minimum atomic E-state index is 0. The second-order valence-electron chi connectivity index (χ2n) is 2.01. The molecule has 0 saturated carbocycles. The van der Waals surface area contributed by atoms with E-state index < -0.39 is 0 Å². The van der Waals surface area contributed by atoms with Gasteiger partial charge in [0.05, 0.1) is 10.2 Å². The van der Waals surface area contributed by atoms with Gasteiger partial charge in [0.2, 0.25) is 0 Å². The summed E-state index contributed by atoms with van der Waals surface area (Å²) in [5.41, 5.74) is 1.37. The van der Waals surface area contributed by atoms with Crippen LogP contribution in [0.3, 0.4) is 0 Å². The summed E-state index contributed by atoms with van der Waals surface area (Å²) in [5, 5.41) is 1.21. The molecule has 0 fully saturated rings. The van der Waals surface area contributed by atoms with Crippen molar-refractivity contribution in [1.82, 2.24) is 0 Å². The van der Waals surface area contributed by atoms with Crippen molar-refractivity contribution in [3.8, 4) is 0 Å². The summed E-state index contributed by atoms with van der Waals surface area (Å²) in [6.07, 6.45) is 1.10. The van der Waals surface area contributed by atoms with Crippen molar-refractivity contribution < 1.29 is 0 Å². The van der Waals surface area contributed by atoms with Gasteiger partial charge in [-0.25, -0.2) is 0 Å². The summed E-state index contributed by atoms with van der Waals surface area (Å²) in [5.74, 6) is 0. The molecule has 0 atom stereocenters. The van der Waals surface area contributed by atoms with Gasteiger partial charge in [0, 0.05) is 0 Å². The molecule has 0 aromatic heterocycles. The topological polar surface area (TPSA) is 0 Å². The van der Waals surface area contributed by atoms with Crippen LogP contribution in [0.4, 0.5) is 0 Å². The van der Waals surface area contributed by atoms with Crippen molar-refractivity contribution in [2.45, 2.75) is 13.3 Å². The van der Waals surface area contributed by atoms with Crippen LogP contribution in [0.15, 0.2) is 24.3 Å². The Labute approximate surface area is 83.6 Å². The van der Waals surface area contributed by atoms with Gasteiger partial charge >= 0.3 is 0 Å². The lowest BCUT2D eigenvalue weighted by molar-refractivity contribution is 1.15. The molecule has 0 aliphatic rings. The van der Waals surface area contributed by atoms with Crippen LogP contribution in [-0.2, 0) is 6.42 Å². The van der Waals surface area contributed by atoms with E-state index in [2.05, 4.69) is 35.4 Å². The first-order valence-electron chi connectivity index (χ1n) is 3.14. The molecular weight excluding hydrogens is 195 g/mol. The third-order valence-electron chi connectivity index (χ3n) is 1.40. The predicted octanol–water partition coefficient (Wildman–Crippen LogP) is 1.89. The fourth-order valence-electron chi connectivity index (χ4n) is 0.829. The minimum Gasteiger partial charge on any atom is -0.147 e. The number of halogens is 2. The van der Waals surface area contributed by atoms with Gasteiger partial charge in [0.1, 0.15) is 0 Å². The lowest BCUT2D eigenvalue weighted by atomic mass is 10.2. The molecule has 1 aromatic carbocycles. The summed E-state index contributed by atoms with van der Waals surface area (Å²) in [7, 11) is 3.50. The van der Waals surface area contributed by atoms with Crippen LogP contribution in [0.25, 0.3) is 0 Å². The van der Waals surface area contributed by atoms with E-state index in [1.54, 1.807) is 0 Å². The Bertz CT molecular complexity index is 201. The second-order valence-corrected chi connectivity index (χ2v) is 2.55. The highest BCUT2D eigenvalue weighted by Crippen LogP contribution is 1.93. The predicted molar refractivity (Wildman–Crippen MR) is 55.7 cm³/mol. The molecule has 3 radical (unpaired) electrons. The number of benzene rings is 1. The van der Waals surface area contributed by atoms with Crippen molar-refractivity contribution in [3.63, 3.8) is 0 Å². The largest absolute Gasteiger partial charge is 0.147 e. The van der Waals surface area contributed by atoms with Crippen LogP contribution < -0.4 is 5.19 Å². The van der Waals surface area contributed by atoms with Crippen molar-refractivity contribution in [2.75, 3.05) is 0 Å². The zero-order chi connectivity index (χ0) is 6.69. The van der Waals surface area contributed by atoms with Gasteiger partial charge in [-0.15, -0.1) is 24.8 Å². The molecule has 3 heteroatoms. The van der Waals surface area contributed by atoms with Crippen LogP contribution in [0.5, 0.6) is 0 Å². The molecule has 61 valence electrons. The van der Waals surface area contributed by atoms with E-state index in [1.165, 1.54) is 10.8 Å². The van der Waals surface area contributed by atoms with Crippen LogP contribution in [0, 0.1) is 0 Å². The van der Waals surface area contributed by atoms with Crippen molar-refractivity contribution in [3.05, 3.63) is 29.8 Å². The van der Waals surface area contributed by atoms with Gasteiger partial charge < -0.3 is 0 Å². The molecule has 0 aliphatic heterocycles. The van der Waals surface area contributed by atoms with Gasteiger partial charge in [-0.1, -0.05) is 36.4 Å². The van der Waals surface area contributed by atoms with E-state index in [0.29, 0.717) is 0 Å². The van der Waals surface area contributed by atoms with E-state index in [9.17, 15) is 0 Å². The molecule has 0 N–H and O–H groups in total. The molecule has 0 bridgehead atoms. The number of rotatable bonds is 1. The quantitative estimate of drug-likeness (QED) is 0.615. The highest BCUT2D eigenvalue weighted by molar-refractivity contribution is 6.33. The summed E-state index contributed by atoms with van der Waals surface area (Å²) >= 11 is 0. The van der Waals surface area contributed by atoms with Crippen molar-refractivity contribution in [2.24, 2.45) is 0 Å². The van der Waals surface area contributed by atoms with Gasteiger partial charge in [0.25, 0.3) is 0 Å². The zero-order valence-electron chi connectivity index (χ0n) is 6.33. The maximum absolute atomic E-state index is 3.50. The number of aryl methyl sites for hydroxylation is 1. The Morgan fingerprint density at radius 1 is 1.18 bits per heavy atom. The van der Waals surface area contributed by atoms with Crippen LogP contribution in [0.1, 0.15) is 12.5 Å². The van der Waals surface area contributed by atoms with E-state index in [1.807, 2.05) is 6.07 Å². The van der Waals surface area contributed by atoms with Crippen LogP contribution in [-0.4, -0.2) is 10.2 Å². The van der Waals surface area contributed by atoms with E-state index in [0.717, 1.165) is 6.42 Å². The summed E-state index contributed by atoms with van der Waals surface area (Å²) in [6, 6.07) is 8.28. The molecule has 0 saturated heterocycles. The van der Waals surface area contributed by atoms with Gasteiger partial charge in [-0.2, -0.15) is 0 Å². The Morgan fingerprint density at radius 2 is 1.73 bits per heavy atom. The highest BCUT2D eigenvalue weighted by Gasteiger charge is 1.89. The number of hydrogen-bond donors (Lipinski definition) is 0. The monoisotopic (exact) mass is 205 g/mol. The molecule has 0 heterocycles. The molecule has 0 spiro atoms. The first-order chi connectivity index (χ1) is 4.34. The lowest BCUT2D eigenvalue weighted by Crippen LogP contribution is -2.07. The Balaban J connectivity index is 0. The summed E-state index contributed by atoms with van der Waals surface area (Å²) < 4.78 is 0. The van der Waals surface area contributed by atoms with E-state index in [-0.39, 0.29) is 24.8 Å². The Hall–Kier alpha value is 0.0169. The Morgan fingerprint density at radius 3 is 2.09 bits per heavy atom. The summed E-state index contributed by atoms with van der Waals surface area (Å²) in [4.78, 5) is 0. The molecule has 11 heavy (non-hydrogen) atoms. The lowest BCUT2D eigenvalue weighted by Gasteiger charge is -1.98. The standard InChI is InChI=1S/C8H9Si.2ClH/c1-2-7-5-3-4-6-8(7)9;;/h3-6H,2H2,1H3;2*1H. The molecule has 0 amide bonds. The molecule has 0 aliphatic carbocycles. The molecule has 1 rings (SSSR count). The van der Waals surface area contributed by atoms with Crippen molar-refractivity contribution >= 4 is 40.2 Å². The maximum atomic E-state index is 3.50. The molecule has 0 unspecified atom stereocenters. The average Bonchev–Trinajstić information content (AvgIpc) is 1.89. The Kier molecular flexibility index (Phi) is 8.29.